The molecule has 2 rings (SSSR count). The summed E-state index contributed by atoms with van der Waals surface area (Å²) in [5.41, 5.74) is 10.9. The quantitative estimate of drug-likeness (QED) is 0.621. The van der Waals surface area contributed by atoms with Crippen LogP contribution in [0.25, 0.3) is 0 Å². The number of rotatable bonds is 3. The van der Waals surface area contributed by atoms with E-state index in [0.29, 0.717) is 0 Å². The summed E-state index contributed by atoms with van der Waals surface area (Å²) in [4.78, 5) is 2.40. The third-order valence-corrected chi connectivity index (χ3v) is 3.30. The van der Waals surface area contributed by atoms with E-state index in [2.05, 4.69) is 24.5 Å². The molecule has 0 unspecified atom stereocenters. The van der Waals surface area contributed by atoms with Crippen LogP contribution in [0.2, 0.25) is 0 Å². The zero-order valence-corrected chi connectivity index (χ0v) is 10.00. The molecule has 1 heterocycles. The Hall–Kier alpha value is -1.44. The minimum atomic E-state index is 0.935. The van der Waals surface area contributed by atoms with Gasteiger partial charge in [0.05, 0.1) is 0 Å². The van der Waals surface area contributed by atoms with Crippen molar-refractivity contribution in [3.63, 3.8) is 0 Å². The Morgan fingerprint density at radius 2 is 2.31 bits per heavy atom. The molecule has 1 aromatic carbocycles. The molecule has 16 heavy (non-hydrogen) atoms. The van der Waals surface area contributed by atoms with Crippen molar-refractivity contribution in [2.45, 2.75) is 26.2 Å². The molecule has 1 aliphatic heterocycles. The Bertz CT molecular complexity index is 396. The summed E-state index contributed by atoms with van der Waals surface area (Å²) in [6, 6.07) is 6.21. The van der Waals surface area contributed by atoms with Crippen molar-refractivity contribution in [1.29, 1.82) is 0 Å². The van der Waals surface area contributed by atoms with Crippen LogP contribution in [0.1, 0.15) is 25.3 Å². The predicted octanol–water partition coefficient (Wildman–Crippen LogP) is 2.99. The van der Waals surface area contributed by atoms with Crippen LogP contribution < -0.4 is 10.6 Å². The molecule has 1 aromatic rings. The van der Waals surface area contributed by atoms with Crippen LogP contribution in [0.15, 0.2) is 30.4 Å². The van der Waals surface area contributed by atoms with Gasteiger partial charge in [-0.05, 0) is 37.0 Å². The van der Waals surface area contributed by atoms with Gasteiger partial charge in [0.25, 0.3) is 0 Å². The molecule has 0 saturated heterocycles. The lowest BCUT2D eigenvalue weighted by Crippen LogP contribution is -2.31. The van der Waals surface area contributed by atoms with Gasteiger partial charge in [0.2, 0.25) is 0 Å². The fraction of sp³-hybridized carbons (Fsp3) is 0.429. The van der Waals surface area contributed by atoms with Gasteiger partial charge >= 0.3 is 0 Å². The third kappa shape index (κ3) is 2.06. The SMILES string of the molecule is C=C(CC)CN1CCCc2c(N)cccc21. The van der Waals surface area contributed by atoms with Gasteiger partial charge in [0, 0.05) is 24.5 Å². The predicted molar refractivity (Wildman–Crippen MR) is 70.8 cm³/mol. The lowest BCUT2D eigenvalue weighted by molar-refractivity contribution is 0.710. The van der Waals surface area contributed by atoms with E-state index in [1.165, 1.54) is 23.2 Å². The number of nitrogens with two attached hydrogens (primary N) is 1. The zero-order chi connectivity index (χ0) is 11.5. The molecule has 0 radical (unpaired) electrons. The summed E-state index contributed by atoms with van der Waals surface area (Å²) in [7, 11) is 0. The van der Waals surface area contributed by atoms with Crippen LogP contribution in [-0.2, 0) is 6.42 Å². The first-order valence-corrected chi connectivity index (χ1v) is 6.01. The van der Waals surface area contributed by atoms with E-state index in [-0.39, 0.29) is 0 Å². The summed E-state index contributed by atoms with van der Waals surface area (Å²) in [5, 5.41) is 0. The maximum Gasteiger partial charge on any atom is 0.0422 e. The van der Waals surface area contributed by atoms with Crippen molar-refractivity contribution in [2.24, 2.45) is 0 Å². The van der Waals surface area contributed by atoms with E-state index in [9.17, 15) is 0 Å². The van der Waals surface area contributed by atoms with Crippen LogP contribution in [0.4, 0.5) is 11.4 Å². The van der Waals surface area contributed by atoms with Crippen LogP contribution in [0.3, 0.4) is 0 Å². The molecule has 0 amide bonds. The van der Waals surface area contributed by atoms with Crippen molar-refractivity contribution in [2.75, 3.05) is 23.7 Å². The standard InChI is InChI=1S/C14H20N2/c1-3-11(2)10-16-9-5-6-12-13(15)7-4-8-14(12)16/h4,7-8H,2-3,5-6,9-10,15H2,1H3. The molecular formula is C14H20N2. The highest BCUT2D eigenvalue weighted by Gasteiger charge is 2.18. The second-order valence-electron chi connectivity index (χ2n) is 4.47. The van der Waals surface area contributed by atoms with Crippen molar-refractivity contribution < 1.29 is 0 Å². The van der Waals surface area contributed by atoms with Crippen LogP contribution in [0, 0.1) is 0 Å². The first-order chi connectivity index (χ1) is 7.72. The molecule has 1 aliphatic rings. The molecule has 2 N–H and O–H groups in total. The van der Waals surface area contributed by atoms with E-state index >= 15 is 0 Å². The Morgan fingerprint density at radius 3 is 3.06 bits per heavy atom. The number of benzene rings is 1. The maximum absolute atomic E-state index is 6.02. The molecule has 2 heteroatoms. The molecule has 0 aliphatic carbocycles. The Balaban J connectivity index is 2.26. The number of nitrogens with zero attached hydrogens (tertiary/aromatic N) is 1. The lowest BCUT2D eigenvalue weighted by atomic mass is 9.99. The second kappa shape index (κ2) is 4.60. The summed E-state index contributed by atoms with van der Waals surface area (Å²) in [6.07, 6.45) is 3.35. The lowest BCUT2D eigenvalue weighted by Gasteiger charge is -2.32. The molecular weight excluding hydrogens is 196 g/mol. The summed E-state index contributed by atoms with van der Waals surface area (Å²) < 4.78 is 0. The molecule has 0 aromatic heterocycles. The molecule has 86 valence electrons. The number of nitrogen functional groups attached to an aromatic ring is 1. The number of hydrogen-bond donors (Lipinski definition) is 1. The topological polar surface area (TPSA) is 29.3 Å². The largest absolute Gasteiger partial charge is 0.398 e. The normalized spacial score (nSPS) is 14.7. The Labute approximate surface area is 97.8 Å². The van der Waals surface area contributed by atoms with Crippen LogP contribution in [-0.4, -0.2) is 13.1 Å². The number of anilines is 2. The van der Waals surface area contributed by atoms with Gasteiger partial charge in [-0.1, -0.05) is 25.1 Å². The van der Waals surface area contributed by atoms with Crippen molar-refractivity contribution in [3.05, 3.63) is 35.9 Å². The summed E-state index contributed by atoms with van der Waals surface area (Å²) in [5.74, 6) is 0. The van der Waals surface area contributed by atoms with Gasteiger partial charge in [-0.2, -0.15) is 0 Å². The van der Waals surface area contributed by atoms with Crippen molar-refractivity contribution >= 4 is 11.4 Å². The first kappa shape index (κ1) is 11.1. The molecule has 0 atom stereocenters. The highest BCUT2D eigenvalue weighted by Crippen LogP contribution is 2.31. The monoisotopic (exact) mass is 216 g/mol. The van der Waals surface area contributed by atoms with Crippen molar-refractivity contribution in [1.82, 2.24) is 0 Å². The average Bonchev–Trinajstić information content (AvgIpc) is 2.30. The highest BCUT2D eigenvalue weighted by molar-refractivity contribution is 5.66. The zero-order valence-electron chi connectivity index (χ0n) is 10.00. The minimum absolute atomic E-state index is 0.935. The van der Waals surface area contributed by atoms with Gasteiger partial charge in [-0.15, -0.1) is 0 Å². The van der Waals surface area contributed by atoms with Gasteiger partial charge in [0.15, 0.2) is 0 Å². The smallest absolute Gasteiger partial charge is 0.0422 e. The van der Waals surface area contributed by atoms with E-state index in [4.69, 9.17) is 5.73 Å². The Morgan fingerprint density at radius 1 is 1.50 bits per heavy atom. The van der Waals surface area contributed by atoms with Crippen LogP contribution >= 0.6 is 0 Å². The second-order valence-corrected chi connectivity index (χ2v) is 4.47. The number of hydrogen-bond acceptors (Lipinski definition) is 2. The molecule has 2 nitrogen and oxygen atoms in total. The molecule has 0 bridgehead atoms. The third-order valence-electron chi connectivity index (χ3n) is 3.30. The Kier molecular flexibility index (Phi) is 3.18. The van der Waals surface area contributed by atoms with E-state index in [1.54, 1.807) is 0 Å². The van der Waals surface area contributed by atoms with Gasteiger partial charge < -0.3 is 10.6 Å². The van der Waals surface area contributed by atoms with Gasteiger partial charge in [0.1, 0.15) is 0 Å². The van der Waals surface area contributed by atoms with Crippen LogP contribution in [0.5, 0.6) is 0 Å². The summed E-state index contributed by atoms with van der Waals surface area (Å²) >= 11 is 0. The average molecular weight is 216 g/mol. The number of fused-ring (bicyclic) bond motifs is 1. The molecule has 0 saturated carbocycles. The van der Waals surface area contributed by atoms with Gasteiger partial charge in [-0.25, -0.2) is 0 Å². The van der Waals surface area contributed by atoms with E-state index in [0.717, 1.165) is 31.6 Å². The molecule has 0 spiro atoms. The molecule has 0 fully saturated rings. The van der Waals surface area contributed by atoms with Crippen molar-refractivity contribution in [3.8, 4) is 0 Å². The fourth-order valence-corrected chi connectivity index (χ4v) is 2.27. The van der Waals surface area contributed by atoms with E-state index in [1.807, 2.05) is 12.1 Å². The fourth-order valence-electron chi connectivity index (χ4n) is 2.27. The summed E-state index contributed by atoms with van der Waals surface area (Å²) in [6.45, 7) is 8.33. The van der Waals surface area contributed by atoms with E-state index < -0.39 is 0 Å². The first-order valence-electron chi connectivity index (χ1n) is 6.01. The van der Waals surface area contributed by atoms with Gasteiger partial charge in [-0.3, -0.25) is 0 Å². The maximum atomic E-state index is 6.02. The highest BCUT2D eigenvalue weighted by atomic mass is 15.1. The minimum Gasteiger partial charge on any atom is -0.398 e.